The van der Waals surface area contributed by atoms with Crippen molar-refractivity contribution in [1.29, 1.82) is 0 Å². The number of aromatic nitrogens is 4. The lowest BCUT2D eigenvalue weighted by molar-refractivity contribution is -0.123. The quantitative estimate of drug-likeness (QED) is 0.398. The van der Waals surface area contributed by atoms with Gasteiger partial charge in [-0.3, -0.25) is 4.79 Å². The van der Waals surface area contributed by atoms with Gasteiger partial charge in [0.05, 0.1) is 12.2 Å². The number of likely N-dealkylation sites (tertiary alicyclic amines) is 1. The number of pyridine rings is 1. The number of hydrogen-bond donors (Lipinski definition) is 0. The van der Waals surface area contributed by atoms with Gasteiger partial charge < -0.3 is 23.5 Å². The SMILES string of the molecule is CCc1nnc(-c2ccn3cc(CN(C(=O)C4CCN(C(=O)N(C)C)CC4)c4ccccc4)nc3c2)o1. The molecule has 4 heterocycles. The number of carbonyl (C=O) groups excluding carboxylic acids is 2. The van der Waals surface area contributed by atoms with E-state index in [9.17, 15) is 9.59 Å². The van der Waals surface area contributed by atoms with Gasteiger partial charge in [-0.05, 0) is 37.1 Å². The number of nitrogens with zero attached hydrogens (tertiary/aromatic N) is 7. The molecule has 0 spiro atoms. The molecule has 0 N–H and O–H groups in total. The van der Waals surface area contributed by atoms with Gasteiger partial charge in [-0.25, -0.2) is 9.78 Å². The average Bonchev–Trinajstić information content (AvgIpc) is 3.58. The summed E-state index contributed by atoms with van der Waals surface area (Å²) in [5.41, 5.74) is 3.14. The second-order valence-electron chi connectivity index (χ2n) is 9.47. The summed E-state index contributed by atoms with van der Waals surface area (Å²) in [5.74, 6) is 0.955. The van der Waals surface area contributed by atoms with E-state index in [4.69, 9.17) is 9.40 Å². The number of anilines is 1. The average molecular weight is 502 g/mol. The van der Waals surface area contributed by atoms with E-state index in [0.29, 0.717) is 50.7 Å². The first kappa shape index (κ1) is 24.5. The number of para-hydroxylation sites is 1. The molecule has 10 nitrogen and oxygen atoms in total. The second-order valence-corrected chi connectivity index (χ2v) is 9.47. The molecule has 192 valence electrons. The fraction of sp³-hybridized carbons (Fsp3) is 0.370. The molecule has 3 aromatic heterocycles. The highest BCUT2D eigenvalue weighted by Gasteiger charge is 2.31. The summed E-state index contributed by atoms with van der Waals surface area (Å²) in [4.78, 5) is 36.1. The smallest absolute Gasteiger partial charge is 0.319 e. The predicted molar refractivity (Wildman–Crippen MR) is 139 cm³/mol. The fourth-order valence-electron chi connectivity index (χ4n) is 4.64. The Kier molecular flexibility index (Phi) is 6.89. The lowest BCUT2D eigenvalue weighted by Gasteiger charge is -2.35. The van der Waals surface area contributed by atoms with E-state index in [2.05, 4.69) is 10.2 Å². The number of piperidine rings is 1. The van der Waals surface area contributed by atoms with Crippen molar-refractivity contribution in [2.45, 2.75) is 32.7 Å². The van der Waals surface area contributed by atoms with E-state index in [-0.39, 0.29) is 17.9 Å². The lowest BCUT2D eigenvalue weighted by Crippen LogP contribution is -2.47. The highest BCUT2D eigenvalue weighted by Crippen LogP contribution is 2.26. The summed E-state index contributed by atoms with van der Waals surface area (Å²) in [6, 6.07) is 13.5. The van der Waals surface area contributed by atoms with Crippen molar-refractivity contribution in [3.8, 4) is 11.5 Å². The van der Waals surface area contributed by atoms with Gasteiger partial charge in [0.25, 0.3) is 0 Å². The number of aryl methyl sites for hydroxylation is 1. The number of rotatable bonds is 6. The van der Waals surface area contributed by atoms with Crippen LogP contribution in [0.5, 0.6) is 0 Å². The van der Waals surface area contributed by atoms with Gasteiger partial charge in [0.15, 0.2) is 0 Å². The van der Waals surface area contributed by atoms with E-state index in [1.807, 2.05) is 76.0 Å². The third kappa shape index (κ3) is 5.18. The number of benzene rings is 1. The molecule has 3 amide bonds. The first-order chi connectivity index (χ1) is 17.9. The van der Waals surface area contributed by atoms with Crippen molar-refractivity contribution in [2.75, 3.05) is 32.1 Å². The summed E-state index contributed by atoms with van der Waals surface area (Å²) < 4.78 is 7.62. The van der Waals surface area contributed by atoms with Gasteiger partial charge in [0.2, 0.25) is 17.7 Å². The Bertz CT molecular complexity index is 1390. The Balaban J connectivity index is 1.36. The minimum atomic E-state index is -0.152. The van der Waals surface area contributed by atoms with E-state index in [1.165, 1.54) is 0 Å². The Hall–Kier alpha value is -4.21. The zero-order chi connectivity index (χ0) is 25.9. The number of fused-ring (bicyclic) bond motifs is 1. The van der Waals surface area contributed by atoms with Crippen molar-refractivity contribution in [2.24, 2.45) is 5.92 Å². The Morgan fingerprint density at radius 1 is 1.08 bits per heavy atom. The van der Waals surface area contributed by atoms with Crippen LogP contribution in [-0.4, -0.2) is 68.5 Å². The van der Waals surface area contributed by atoms with Gasteiger partial charge >= 0.3 is 6.03 Å². The summed E-state index contributed by atoms with van der Waals surface area (Å²) in [6.07, 6.45) is 5.80. The summed E-state index contributed by atoms with van der Waals surface area (Å²) >= 11 is 0. The van der Waals surface area contributed by atoms with Gasteiger partial charge in [-0.2, -0.15) is 0 Å². The number of amides is 3. The van der Waals surface area contributed by atoms with Crippen LogP contribution in [0.15, 0.2) is 59.3 Å². The molecule has 1 aliphatic rings. The maximum Gasteiger partial charge on any atom is 0.319 e. The van der Waals surface area contributed by atoms with E-state index >= 15 is 0 Å². The largest absolute Gasteiger partial charge is 0.421 e. The number of urea groups is 1. The van der Waals surface area contributed by atoms with E-state index in [0.717, 1.165) is 22.6 Å². The van der Waals surface area contributed by atoms with Crippen LogP contribution in [0, 0.1) is 5.92 Å². The molecule has 10 heteroatoms. The lowest BCUT2D eigenvalue weighted by atomic mass is 9.95. The Morgan fingerprint density at radius 3 is 2.51 bits per heavy atom. The third-order valence-electron chi connectivity index (χ3n) is 6.68. The maximum atomic E-state index is 13.7. The Morgan fingerprint density at radius 2 is 1.84 bits per heavy atom. The maximum absolute atomic E-state index is 13.7. The first-order valence-corrected chi connectivity index (χ1v) is 12.6. The Labute approximate surface area is 215 Å². The molecule has 0 aliphatic carbocycles. The van der Waals surface area contributed by atoms with Crippen molar-refractivity contribution < 1.29 is 14.0 Å². The third-order valence-corrected chi connectivity index (χ3v) is 6.68. The highest BCUT2D eigenvalue weighted by atomic mass is 16.4. The molecule has 0 bridgehead atoms. The van der Waals surface area contributed by atoms with Crippen LogP contribution in [0.3, 0.4) is 0 Å². The molecule has 37 heavy (non-hydrogen) atoms. The summed E-state index contributed by atoms with van der Waals surface area (Å²) in [7, 11) is 3.50. The molecule has 1 fully saturated rings. The summed E-state index contributed by atoms with van der Waals surface area (Å²) in [5, 5.41) is 8.17. The van der Waals surface area contributed by atoms with Crippen LogP contribution >= 0.6 is 0 Å². The van der Waals surface area contributed by atoms with Crippen molar-refractivity contribution >= 4 is 23.3 Å². The zero-order valence-corrected chi connectivity index (χ0v) is 21.4. The molecule has 1 aromatic carbocycles. The molecule has 0 atom stereocenters. The van der Waals surface area contributed by atoms with Gasteiger partial charge in [-0.15, -0.1) is 10.2 Å². The standard InChI is InChI=1S/C27H31N7O3/c1-4-24-29-30-25(37-24)20-12-15-33-17-21(28-23(33)16-20)18-34(22-8-6-5-7-9-22)26(35)19-10-13-32(14-11-19)27(36)31(2)3/h5-9,12,15-17,19H,4,10-11,13-14,18H2,1-3H3. The molecular formula is C27H31N7O3. The molecule has 0 radical (unpaired) electrons. The van der Waals surface area contributed by atoms with Crippen molar-refractivity contribution in [3.05, 3.63) is 66.4 Å². The highest BCUT2D eigenvalue weighted by molar-refractivity contribution is 5.95. The van der Waals surface area contributed by atoms with Crippen LogP contribution in [0.25, 0.3) is 17.1 Å². The van der Waals surface area contributed by atoms with Gasteiger partial charge in [-0.1, -0.05) is 25.1 Å². The van der Waals surface area contributed by atoms with E-state index < -0.39 is 0 Å². The molecule has 5 rings (SSSR count). The van der Waals surface area contributed by atoms with Crippen LogP contribution in [0.2, 0.25) is 0 Å². The second kappa shape index (κ2) is 10.4. The molecule has 1 aliphatic heterocycles. The molecule has 0 unspecified atom stereocenters. The van der Waals surface area contributed by atoms with Crippen LogP contribution in [-0.2, 0) is 17.8 Å². The fourth-order valence-corrected chi connectivity index (χ4v) is 4.64. The number of hydrogen-bond acceptors (Lipinski definition) is 6. The minimum Gasteiger partial charge on any atom is -0.421 e. The van der Waals surface area contributed by atoms with Crippen LogP contribution in [0.1, 0.15) is 31.4 Å². The van der Waals surface area contributed by atoms with Crippen molar-refractivity contribution in [1.82, 2.24) is 29.4 Å². The molecule has 4 aromatic rings. The number of carbonyl (C=O) groups is 2. The van der Waals surface area contributed by atoms with Crippen molar-refractivity contribution in [3.63, 3.8) is 0 Å². The minimum absolute atomic E-state index is 0.0127. The van der Waals surface area contributed by atoms with Crippen LogP contribution < -0.4 is 4.90 Å². The molecular weight excluding hydrogens is 470 g/mol. The van der Waals surface area contributed by atoms with Crippen LogP contribution in [0.4, 0.5) is 10.5 Å². The zero-order valence-electron chi connectivity index (χ0n) is 21.4. The topological polar surface area (TPSA) is 100 Å². The first-order valence-electron chi connectivity index (χ1n) is 12.6. The number of imidazole rings is 1. The van der Waals surface area contributed by atoms with Gasteiger partial charge in [0.1, 0.15) is 5.65 Å². The molecule has 0 saturated carbocycles. The normalized spacial score (nSPS) is 14.2. The van der Waals surface area contributed by atoms with E-state index in [1.54, 1.807) is 19.0 Å². The predicted octanol–water partition coefficient (Wildman–Crippen LogP) is 3.87. The summed E-state index contributed by atoms with van der Waals surface area (Å²) in [6.45, 7) is 3.45. The molecule has 1 saturated heterocycles. The van der Waals surface area contributed by atoms with Gasteiger partial charge in [0, 0.05) is 63.2 Å². The monoisotopic (exact) mass is 501 g/mol.